The predicted octanol–water partition coefficient (Wildman–Crippen LogP) is 3.09. The van der Waals surface area contributed by atoms with Gasteiger partial charge >= 0.3 is 0 Å². The third-order valence-electron chi connectivity index (χ3n) is 3.73. The maximum Gasteiger partial charge on any atom is 0.123 e. The van der Waals surface area contributed by atoms with Crippen LogP contribution < -0.4 is 5.73 Å². The zero-order chi connectivity index (χ0) is 12.5. The highest BCUT2D eigenvalue weighted by Crippen LogP contribution is 2.36. The zero-order valence-corrected chi connectivity index (χ0v) is 10.5. The normalized spacial score (nSPS) is 26.8. The van der Waals surface area contributed by atoms with E-state index in [1.165, 1.54) is 12.1 Å². The summed E-state index contributed by atoms with van der Waals surface area (Å²) < 4.78 is 19.1. The molecule has 0 bridgehead atoms. The fraction of sp³-hybridized carbons (Fsp3) is 0.571. The maximum absolute atomic E-state index is 13.3. The SMILES string of the molecule is Cc1ccc(F)cc1C(N)C1(C)CCCCO1. The second-order valence-electron chi connectivity index (χ2n) is 5.10. The van der Waals surface area contributed by atoms with Crippen molar-refractivity contribution in [2.75, 3.05) is 6.61 Å². The van der Waals surface area contributed by atoms with E-state index in [1.54, 1.807) is 6.07 Å². The predicted molar refractivity (Wildman–Crippen MR) is 66.3 cm³/mol. The molecule has 2 rings (SSSR count). The van der Waals surface area contributed by atoms with Gasteiger partial charge in [-0.1, -0.05) is 6.07 Å². The summed E-state index contributed by atoms with van der Waals surface area (Å²) in [6.07, 6.45) is 3.15. The summed E-state index contributed by atoms with van der Waals surface area (Å²) in [6.45, 7) is 4.74. The highest BCUT2D eigenvalue weighted by molar-refractivity contribution is 5.31. The summed E-state index contributed by atoms with van der Waals surface area (Å²) in [4.78, 5) is 0. The molecule has 0 aromatic heterocycles. The lowest BCUT2D eigenvalue weighted by molar-refractivity contribution is -0.0822. The number of hydrogen-bond donors (Lipinski definition) is 1. The minimum Gasteiger partial charge on any atom is -0.373 e. The number of halogens is 1. The Morgan fingerprint density at radius 3 is 2.82 bits per heavy atom. The van der Waals surface area contributed by atoms with E-state index in [1.807, 2.05) is 13.8 Å². The van der Waals surface area contributed by atoms with Crippen molar-refractivity contribution >= 4 is 0 Å². The van der Waals surface area contributed by atoms with Crippen molar-refractivity contribution in [2.45, 2.75) is 44.8 Å². The molecule has 1 saturated heterocycles. The molecule has 0 spiro atoms. The molecule has 0 saturated carbocycles. The average Bonchev–Trinajstić information content (AvgIpc) is 2.32. The molecule has 1 aromatic carbocycles. The Morgan fingerprint density at radius 2 is 2.18 bits per heavy atom. The Morgan fingerprint density at radius 1 is 1.41 bits per heavy atom. The molecular weight excluding hydrogens is 217 g/mol. The topological polar surface area (TPSA) is 35.2 Å². The van der Waals surface area contributed by atoms with Crippen LogP contribution in [-0.4, -0.2) is 12.2 Å². The van der Waals surface area contributed by atoms with E-state index in [9.17, 15) is 4.39 Å². The van der Waals surface area contributed by atoms with E-state index in [2.05, 4.69) is 0 Å². The third kappa shape index (κ3) is 2.50. The van der Waals surface area contributed by atoms with Crippen LogP contribution in [0, 0.1) is 12.7 Å². The summed E-state index contributed by atoms with van der Waals surface area (Å²) >= 11 is 0. The molecule has 1 aliphatic rings. The summed E-state index contributed by atoms with van der Waals surface area (Å²) in [7, 11) is 0. The van der Waals surface area contributed by atoms with Gasteiger partial charge < -0.3 is 10.5 Å². The van der Waals surface area contributed by atoms with Gasteiger partial charge in [0.2, 0.25) is 0 Å². The Bertz CT molecular complexity index is 399. The molecule has 1 aliphatic heterocycles. The van der Waals surface area contributed by atoms with Gasteiger partial charge in [-0.15, -0.1) is 0 Å². The lowest BCUT2D eigenvalue weighted by Crippen LogP contribution is -2.43. The largest absolute Gasteiger partial charge is 0.373 e. The van der Waals surface area contributed by atoms with Gasteiger partial charge in [-0.25, -0.2) is 4.39 Å². The van der Waals surface area contributed by atoms with E-state index >= 15 is 0 Å². The quantitative estimate of drug-likeness (QED) is 0.857. The molecule has 0 amide bonds. The Labute approximate surface area is 102 Å². The fourth-order valence-corrected chi connectivity index (χ4v) is 2.48. The number of hydrogen-bond acceptors (Lipinski definition) is 2. The molecule has 1 aromatic rings. The van der Waals surface area contributed by atoms with E-state index < -0.39 is 0 Å². The van der Waals surface area contributed by atoms with Gasteiger partial charge in [0, 0.05) is 6.61 Å². The molecule has 17 heavy (non-hydrogen) atoms. The van der Waals surface area contributed by atoms with Gasteiger partial charge in [-0.05, 0) is 56.4 Å². The van der Waals surface area contributed by atoms with Crippen LogP contribution in [0.15, 0.2) is 18.2 Å². The number of rotatable bonds is 2. The second kappa shape index (κ2) is 4.75. The van der Waals surface area contributed by atoms with Gasteiger partial charge in [0.1, 0.15) is 5.82 Å². The van der Waals surface area contributed by atoms with Crippen molar-refractivity contribution in [2.24, 2.45) is 5.73 Å². The lowest BCUT2D eigenvalue weighted by Gasteiger charge is -2.39. The smallest absolute Gasteiger partial charge is 0.123 e. The van der Waals surface area contributed by atoms with Crippen LogP contribution in [0.5, 0.6) is 0 Å². The zero-order valence-electron chi connectivity index (χ0n) is 10.5. The molecule has 0 aliphatic carbocycles. The van der Waals surface area contributed by atoms with Gasteiger partial charge in [0.25, 0.3) is 0 Å². The highest BCUT2D eigenvalue weighted by Gasteiger charge is 2.36. The number of ether oxygens (including phenoxy) is 1. The summed E-state index contributed by atoms with van der Waals surface area (Å²) in [5.74, 6) is -0.236. The van der Waals surface area contributed by atoms with Crippen LogP contribution in [0.4, 0.5) is 4.39 Å². The minimum absolute atomic E-state index is 0.236. The first-order chi connectivity index (χ1) is 8.03. The van der Waals surface area contributed by atoms with Crippen LogP contribution in [-0.2, 0) is 4.74 Å². The monoisotopic (exact) mass is 237 g/mol. The average molecular weight is 237 g/mol. The lowest BCUT2D eigenvalue weighted by atomic mass is 9.83. The first-order valence-corrected chi connectivity index (χ1v) is 6.18. The molecule has 2 unspecified atom stereocenters. The Hall–Kier alpha value is -0.930. The number of nitrogens with two attached hydrogens (primary N) is 1. The van der Waals surface area contributed by atoms with Crippen LogP contribution in [0.25, 0.3) is 0 Å². The Kier molecular flexibility index (Phi) is 3.50. The molecule has 1 heterocycles. The standard InChI is InChI=1S/C14H20FNO/c1-10-5-6-11(15)9-12(10)13(16)14(2)7-3-4-8-17-14/h5-6,9,13H,3-4,7-8,16H2,1-2H3. The summed E-state index contributed by atoms with van der Waals surface area (Å²) in [5.41, 5.74) is 7.80. The minimum atomic E-state index is -0.364. The van der Waals surface area contributed by atoms with Crippen molar-refractivity contribution in [3.05, 3.63) is 35.1 Å². The van der Waals surface area contributed by atoms with Gasteiger partial charge in [0.05, 0.1) is 11.6 Å². The van der Waals surface area contributed by atoms with Crippen molar-refractivity contribution in [3.63, 3.8) is 0 Å². The summed E-state index contributed by atoms with van der Waals surface area (Å²) in [5, 5.41) is 0. The van der Waals surface area contributed by atoms with Gasteiger partial charge in [0.15, 0.2) is 0 Å². The van der Waals surface area contributed by atoms with E-state index in [-0.39, 0.29) is 17.5 Å². The summed E-state index contributed by atoms with van der Waals surface area (Å²) in [6, 6.07) is 4.51. The molecular formula is C14H20FNO. The molecule has 3 heteroatoms. The van der Waals surface area contributed by atoms with E-state index in [0.29, 0.717) is 0 Å². The van der Waals surface area contributed by atoms with Gasteiger partial charge in [-0.2, -0.15) is 0 Å². The van der Waals surface area contributed by atoms with E-state index in [0.717, 1.165) is 37.0 Å². The van der Waals surface area contributed by atoms with Crippen molar-refractivity contribution < 1.29 is 9.13 Å². The first kappa shape index (κ1) is 12.5. The number of benzene rings is 1. The second-order valence-corrected chi connectivity index (χ2v) is 5.10. The van der Waals surface area contributed by atoms with E-state index in [4.69, 9.17) is 10.5 Å². The van der Waals surface area contributed by atoms with Crippen molar-refractivity contribution in [1.29, 1.82) is 0 Å². The van der Waals surface area contributed by atoms with Crippen LogP contribution >= 0.6 is 0 Å². The van der Waals surface area contributed by atoms with Crippen LogP contribution in [0.2, 0.25) is 0 Å². The highest BCUT2D eigenvalue weighted by atomic mass is 19.1. The third-order valence-corrected chi connectivity index (χ3v) is 3.73. The first-order valence-electron chi connectivity index (χ1n) is 6.18. The molecule has 2 N–H and O–H groups in total. The van der Waals surface area contributed by atoms with Crippen molar-refractivity contribution in [3.8, 4) is 0 Å². The molecule has 2 atom stereocenters. The fourth-order valence-electron chi connectivity index (χ4n) is 2.48. The Balaban J connectivity index is 2.29. The maximum atomic E-state index is 13.3. The molecule has 1 fully saturated rings. The van der Waals surface area contributed by atoms with Crippen LogP contribution in [0.1, 0.15) is 43.4 Å². The van der Waals surface area contributed by atoms with Gasteiger partial charge in [-0.3, -0.25) is 0 Å². The van der Waals surface area contributed by atoms with Crippen molar-refractivity contribution in [1.82, 2.24) is 0 Å². The number of aryl methyl sites for hydroxylation is 1. The van der Waals surface area contributed by atoms with Crippen LogP contribution in [0.3, 0.4) is 0 Å². The molecule has 94 valence electrons. The molecule has 0 radical (unpaired) electrons. The molecule has 2 nitrogen and oxygen atoms in total.